The van der Waals surface area contributed by atoms with Gasteiger partial charge >= 0.3 is 0 Å². The van der Waals surface area contributed by atoms with E-state index in [1.54, 1.807) is 6.20 Å². The van der Waals surface area contributed by atoms with Gasteiger partial charge < -0.3 is 10.1 Å². The third kappa shape index (κ3) is 3.28. The molecular weight excluding hydrogens is 102 g/mol. The maximum atomic E-state index is 4.84. The molecule has 2 nitrogen and oxygen atoms in total. The molecule has 0 saturated heterocycles. The first-order valence-electron chi connectivity index (χ1n) is 2.43. The minimum Gasteiger partial charge on any atom is -0.469 e. The van der Waals surface area contributed by atoms with Crippen molar-refractivity contribution in [2.24, 2.45) is 0 Å². The van der Waals surface area contributed by atoms with E-state index in [0.717, 1.165) is 5.76 Å². The highest BCUT2D eigenvalue weighted by Gasteiger charge is 1.78. The van der Waals surface area contributed by atoms with Gasteiger partial charge in [-0.15, -0.1) is 0 Å². The van der Waals surface area contributed by atoms with E-state index in [2.05, 4.69) is 11.9 Å². The van der Waals surface area contributed by atoms with Gasteiger partial charge in [0.1, 0.15) is 5.76 Å². The highest BCUT2D eigenvalue weighted by Crippen LogP contribution is 1.90. The van der Waals surface area contributed by atoms with Crippen LogP contribution in [0.15, 0.2) is 24.8 Å². The Hall–Kier alpha value is -0.920. The SMILES string of the molecule is C=CO/C(C)=C\NC. The normalized spacial score (nSPS) is 10.5. The molecule has 0 unspecified atom stereocenters. The van der Waals surface area contributed by atoms with Crippen molar-refractivity contribution in [1.29, 1.82) is 0 Å². The molecule has 1 N–H and O–H groups in total. The fourth-order valence-corrected chi connectivity index (χ4v) is 0.369. The zero-order valence-corrected chi connectivity index (χ0v) is 5.27. The molecule has 0 aromatic rings. The molecule has 0 radical (unpaired) electrons. The summed E-state index contributed by atoms with van der Waals surface area (Å²) in [5.41, 5.74) is 0. The summed E-state index contributed by atoms with van der Waals surface area (Å²) in [5.74, 6) is 0.808. The third-order valence-electron chi connectivity index (χ3n) is 0.617. The van der Waals surface area contributed by atoms with E-state index in [1.807, 2.05) is 14.0 Å². The van der Waals surface area contributed by atoms with E-state index in [4.69, 9.17) is 4.74 Å². The van der Waals surface area contributed by atoms with Crippen LogP contribution in [0.2, 0.25) is 0 Å². The second-order valence-corrected chi connectivity index (χ2v) is 1.33. The van der Waals surface area contributed by atoms with Crippen molar-refractivity contribution in [3.63, 3.8) is 0 Å². The molecule has 0 aromatic heterocycles. The average molecular weight is 113 g/mol. The van der Waals surface area contributed by atoms with Crippen LogP contribution >= 0.6 is 0 Å². The third-order valence-corrected chi connectivity index (χ3v) is 0.617. The second-order valence-electron chi connectivity index (χ2n) is 1.33. The first-order valence-corrected chi connectivity index (χ1v) is 2.43. The molecule has 0 aliphatic rings. The number of hydrogen-bond donors (Lipinski definition) is 1. The summed E-state index contributed by atoms with van der Waals surface area (Å²) in [7, 11) is 1.82. The fraction of sp³-hybridized carbons (Fsp3) is 0.333. The minimum atomic E-state index is 0.808. The molecule has 0 fully saturated rings. The Kier molecular flexibility index (Phi) is 3.76. The van der Waals surface area contributed by atoms with Crippen molar-refractivity contribution >= 4 is 0 Å². The van der Waals surface area contributed by atoms with Crippen LogP contribution in [0.5, 0.6) is 0 Å². The monoisotopic (exact) mass is 113 g/mol. The largest absolute Gasteiger partial charge is 0.469 e. The van der Waals surface area contributed by atoms with E-state index < -0.39 is 0 Å². The van der Waals surface area contributed by atoms with Gasteiger partial charge in [0.15, 0.2) is 0 Å². The summed E-state index contributed by atoms with van der Waals surface area (Å²) >= 11 is 0. The standard InChI is InChI=1S/C6H11NO/c1-4-8-6(2)5-7-3/h4-5,7H,1H2,2-3H3/b6-5-. The Morgan fingerprint density at radius 3 is 2.75 bits per heavy atom. The second kappa shape index (κ2) is 4.24. The maximum Gasteiger partial charge on any atom is 0.116 e. The topological polar surface area (TPSA) is 21.3 Å². The molecule has 0 amide bonds. The van der Waals surface area contributed by atoms with Gasteiger partial charge in [-0.05, 0) is 6.92 Å². The quantitative estimate of drug-likeness (QED) is 0.556. The lowest BCUT2D eigenvalue weighted by Crippen LogP contribution is -1.94. The molecule has 8 heavy (non-hydrogen) atoms. The lowest BCUT2D eigenvalue weighted by atomic mass is 10.6. The Labute approximate surface area is 49.8 Å². The molecule has 0 atom stereocenters. The minimum absolute atomic E-state index is 0.808. The summed E-state index contributed by atoms with van der Waals surface area (Å²) in [4.78, 5) is 0. The Morgan fingerprint density at radius 1 is 1.75 bits per heavy atom. The summed E-state index contributed by atoms with van der Waals surface area (Å²) in [6, 6.07) is 0. The predicted octanol–water partition coefficient (Wildman–Crippen LogP) is 1.23. The molecule has 0 aromatic carbocycles. The van der Waals surface area contributed by atoms with Crippen LogP contribution in [0.25, 0.3) is 0 Å². The van der Waals surface area contributed by atoms with Gasteiger partial charge in [0, 0.05) is 13.2 Å². The van der Waals surface area contributed by atoms with Gasteiger partial charge in [0.2, 0.25) is 0 Å². The first kappa shape index (κ1) is 7.08. The molecular formula is C6H11NO. The van der Waals surface area contributed by atoms with Crippen molar-refractivity contribution in [3.8, 4) is 0 Å². The number of allylic oxidation sites excluding steroid dienone is 1. The highest BCUT2D eigenvalue weighted by molar-refractivity contribution is 4.86. The van der Waals surface area contributed by atoms with Gasteiger partial charge in [-0.25, -0.2) is 0 Å². The first-order chi connectivity index (χ1) is 3.81. The molecule has 46 valence electrons. The van der Waals surface area contributed by atoms with E-state index in [-0.39, 0.29) is 0 Å². The van der Waals surface area contributed by atoms with Crippen molar-refractivity contribution in [2.45, 2.75) is 6.92 Å². The predicted molar refractivity (Wildman–Crippen MR) is 34.1 cm³/mol. The van der Waals surface area contributed by atoms with Crippen molar-refractivity contribution < 1.29 is 4.74 Å². The molecule has 0 bridgehead atoms. The number of hydrogen-bond acceptors (Lipinski definition) is 2. The number of ether oxygens (including phenoxy) is 1. The van der Waals surface area contributed by atoms with E-state index in [9.17, 15) is 0 Å². The molecule has 0 spiro atoms. The maximum absolute atomic E-state index is 4.84. The van der Waals surface area contributed by atoms with Crippen LogP contribution in [0.1, 0.15) is 6.92 Å². The van der Waals surface area contributed by atoms with Crippen molar-refractivity contribution in [2.75, 3.05) is 7.05 Å². The van der Waals surface area contributed by atoms with Gasteiger partial charge in [0.25, 0.3) is 0 Å². The number of rotatable bonds is 3. The molecule has 0 saturated carbocycles. The van der Waals surface area contributed by atoms with Crippen LogP contribution < -0.4 is 5.32 Å². The van der Waals surface area contributed by atoms with Crippen LogP contribution in [0, 0.1) is 0 Å². The summed E-state index contributed by atoms with van der Waals surface area (Å²) in [6.07, 6.45) is 3.14. The lowest BCUT2D eigenvalue weighted by Gasteiger charge is -1.96. The van der Waals surface area contributed by atoms with Crippen molar-refractivity contribution in [1.82, 2.24) is 5.32 Å². The molecule has 0 aliphatic heterocycles. The average Bonchev–Trinajstić information content (AvgIpc) is 1.68. The zero-order chi connectivity index (χ0) is 6.41. The molecule has 0 heterocycles. The van der Waals surface area contributed by atoms with E-state index in [1.165, 1.54) is 6.26 Å². The smallest absolute Gasteiger partial charge is 0.116 e. The van der Waals surface area contributed by atoms with E-state index in [0.29, 0.717) is 0 Å². The number of nitrogens with one attached hydrogen (secondary N) is 1. The Balaban J connectivity index is 3.44. The summed E-state index contributed by atoms with van der Waals surface area (Å²) < 4.78 is 4.84. The zero-order valence-electron chi connectivity index (χ0n) is 5.27. The molecule has 0 aliphatic carbocycles. The van der Waals surface area contributed by atoms with E-state index >= 15 is 0 Å². The summed E-state index contributed by atoms with van der Waals surface area (Å²) in [6.45, 7) is 5.24. The fourth-order valence-electron chi connectivity index (χ4n) is 0.369. The van der Waals surface area contributed by atoms with Gasteiger partial charge in [-0.2, -0.15) is 0 Å². The van der Waals surface area contributed by atoms with Crippen LogP contribution in [0.3, 0.4) is 0 Å². The summed E-state index contributed by atoms with van der Waals surface area (Å²) in [5, 5.41) is 2.82. The Morgan fingerprint density at radius 2 is 2.38 bits per heavy atom. The van der Waals surface area contributed by atoms with Gasteiger partial charge in [-0.3, -0.25) is 0 Å². The van der Waals surface area contributed by atoms with Crippen LogP contribution in [-0.2, 0) is 4.74 Å². The molecule has 0 rings (SSSR count). The Bertz CT molecular complexity index is 96.7. The van der Waals surface area contributed by atoms with Gasteiger partial charge in [-0.1, -0.05) is 6.58 Å². The molecule has 2 heteroatoms. The van der Waals surface area contributed by atoms with Crippen LogP contribution in [0.4, 0.5) is 0 Å². The highest BCUT2D eigenvalue weighted by atomic mass is 16.5. The van der Waals surface area contributed by atoms with Crippen LogP contribution in [-0.4, -0.2) is 7.05 Å². The van der Waals surface area contributed by atoms with Crippen molar-refractivity contribution in [3.05, 3.63) is 24.8 Å². The van der Waals surface area contributed by atoms with Gasteiger partial charge in [0.05, 0.1) is 6.26 Å². The lowest BCUT2D eigenvalue weighted by molar-refractivity contribution is 0.352.